The molecule has 0 radical (unpaired) electrons. The van der Waals surface area contributed by atoms with Crippen molar-refractivity contribution >= 4 is 29.2 Å². The number of aromatic nitrogens is 3. The number of rotatable bonds is 9. The molecule has 246 valence electrons. The lowest BCUT2D eigenvalue weighted by Crippen LogP contribution is -2.56. The molecule has 2 aromatic carbocycles. The van der Waals surface area contributed by atoms with Crippen LogP contribution in [0.25, 0.3) is 0 Å². The monoisotopic (exact) mass is 649 g/mol. The summed E-state index contributed by atoms with van der Waals surface area (Å²) in [5, 5.41) is 11.7. The fourth-order valence-corrected chi connectivity index (χ4v) is 7.91. The highest BCUT2D eigenvalue weighted by Gasteiger charge is 2.44. The zero-order chi connectivity index (χ0) is 31.9. The molecule has 1 atom stereocenters. The van der Waals surface area contributed by atoms with Crippen LogP contribution in [0.1, 0.15) is 63.4 Å². The first-order valence-electron chi connectivity index (χ1n) is 16.8. The van der Waals surface area contributed by atoms with Crippen LogP contribution >= 0.6 is 11.6 Å². The average Bonchev–Trinajstić information content (AvgIpc) is 3.60. The Morgan fingerprint density at radius 2 is 1.61 bits per heavy atom. The van der Waals surface area contributed by atoms with E-state index in [-0.39, 0.29) is 35.3 Å². The molecule has 0 unspecified atom stereocenters. The molecular formula is C35H45ClFN7O2. The quantitative estimate of drug-likeness (QED) is 0.290. The van der Waals surface area contributed by atoms with E-state index < -0.39 is 0 Å². The van der Waals surface area contributed by atoms with Gasteiger partial charge >= 0.3 is 6.03 Å². The highest BCUT2D eigenvalue weighted by atomic mass is 35.5. The van der Waals surface area contributed by atoms with E-state index in [2.05, 4.69) is 25.6 Å². The summed E-state index contributed by atoms with van der Waals surface area (Å²) >= 11 is 6.17. The number of urea groups is 1. The predicted molar refractivity (Wildman–Crippen MR) is 177 cm³/mol. The predicted octanol–water partition coefficient (Wildman–Crippen LogP) is 6.16. The van der Waals surface area contributed by atoms with Crippen molar-refractivity contribution in [2.75, 3.05) is 31.5 Å². The molecule has 3 fully saturated rings. The van der Waals surface area contributed by atoms with Crippen LogP contribution in [-0.4, -0.2) is 74.8 Å². The molecule has 1 aliphatic carbocycles. The molecule has 3 amide bonds. The Morgan fingerprint density at radius 1 is 0.913 bits per heavy atom. The minimum atomic E-state index is -0.372. The third-order valence-electron chi connectivity index (χ3n) is 10.5. The Hall–Kier alpha value is -3.50. The van der Waals surface area contributed by atoms with Crippen LogP contribution in [-0.2, 0) is 17.8 Å². The van der Waals surface area contributed by atoms with E-state index in [1.807, 2.05) is 35.3 Å². The van der Waals surface area contributed by atoms with Crippen molar-refractivity contribution in [3.63, 3.8) is 0 Å². The minimum Gasteiger partial charge on any atom is -0.341 e. The van der Waals surface area contributed by atoms with Crippen molar-refractivity contribution in [3.05, 3.63) is 77.6 Å². The number of halogens is 2. The largest absolute Gasteiger partial charge is 0.341 e. The molecule has 0 spiro atoms. The second-order valence-electron chi connectivity index (χ2n) is 13.4. The topological polar surface area (TPSA) is 95.4 Å². The molecule has 1 saturated carbocycles. The first-order valence-corrected chi connectivity index (χ1v) is 17.2. The second kappa shape index (κ2) is 14.9. The normalized spacial score (nSPS) is 20.0. The van der Waals surface area contributed by atoms with Crippen molar-refractivity contribution in [2.24, 2.45) is 11.3 Å². The number of anilines is 1. The van der Waals surface area contributed by atoms with Crippen molar-refractivity contribution in [1.29, 1.82) is 0 Å². The highest BCUT2D eigenvalue weighted by molar-refractivity contribution is 6.30. The fourth-order valence-electron chi connectivity index (χ4n) is 7.78. The van der Waals surface area contributed by atoms with Gasteiger partial charge in [0.05, 0.1) is 6.04 Å². The minimum absolute atomic E-state index is 0.106. The first kappa shape index (κ1) is 32.4. The zero-order valence-corrected chi connectivity index (χ0v) is 27.2. The number of hydrogen-bond acceptors (Lipinski definition) is 5. The molecule has 6 rings (SSSR count). The summed E-state index contributed by atoms with van der Waals surface area (Å²) in [6.07, 6.45) is 13.8. The van der Waals surface area contributed by atoms with Crippen molar-refractivity contribution in [2.45, 2.75) is 82.8 Å². The van der Waals surface area contributed by atoms with E-state index in [1.54, 1.807) is 23.4 Å². The number of carbonyl (C=O) groups excluding carboxylic acids is 2. The number of likely N-dealkylation sites (tertiary alicyclic amines) is 2. The van der Waals surface area contributed by atoms with Gasteiger partial charge in [-0.2, -0.15) is 5.10 Å². The lowest BCUT2D eigenvalue weighted by molar-refractivity contribution is -0.137. The van der Waals surface area contributed by atoms with Gasteiger partial charge in [0, 0.05) is 49.5 Å². The van der Waals surface area contributed by atoms with Crippen LogP contribution in [0, 0.1) is 17.2 Å². The summed E-state index contributed by atoms with van der Waals surface area (Å²) in [6.45, 7) is 3.49. The molecule has 2 saturated heterocycles. The summed E-state index contributed by atoms with van der Waals surface area (Å²) in [5.74, 6) is 0.452. The standard InChI is InChI=1S/C35H45ClFN7O2/c36-28-8-6-26(7-9-28)22-32(40-31-14-18-43(19-15-31)34(46)41-30-12-10-29(37)11-13-30)33(45)42-20-16-35(17-21-42,23-44-25-38-24-39-44)27-4-2-1-3-5-27/h6-13,24-25,27,31-32,40H,1-5,14-23H2,(H,41,46)/t32-/m1/s1. The number of benzene rings is 2. The number of carbonyl (C=O) groups is 2. The third kappa shape index (κ3) is 8.07. The van der Waals surface area contributed by atoms with Gasteiger partial charge in [0.25, 0.3) is 0 Å². The SMILES string of the molecule is O=C(Nc1ccc(F)cc1)N1CCC(N[C@H](Cc2ccc(Cl)cc2)C(=O)N2CCC(Cn3cncn3)(C3CCCCC3)CC2)CC1. The summed E-state index contributed by atoms with van der Waals surface area (Å²) in [5.41, 5.74) is 1.76. The van der Waals surface area contributed by atoms with E-state index in [1.165, 1.54) is 44.2 Å². The maximum atomic E-state index is 14.3. The van der Waals surface area contributed by atoms with Crippen LogP contribution in [0.2, 0.25) is 5.02 Å². The summed E-state index contributed by atoms with van der Waals surface area (Å²) in [6, 6.07) is 13.1. The molecule has 1 aromatic heterocycles. The van der Waals surface area contributed by atoms with Crippen LogP contribution in [0.5, 0.6) is 0 Å². The Bertz CT molecular complexity index is 1410. The van der Waals surface area contributed by atoms with Crippen molar-refractivity contribution in [1.82, 2.24) is 29.9 Å². The number of amides is 3. The zero-order valence-electron chi connectivity index (χ0n) is 26.4. The van der Waals surface area contributed by atoms with Crippen LogP contribution < -0.4 is 10.6 Å². The van der Waals surface area contributed by atoms with Gasteiger partial charge in [-0.3, -0.25) is 9.48 Å². The summed E-state index contributed by atoms with van der Waals surface area (Å²) in [7, 11) is 0. The Morgan fingerprint density at radius 3 is 2.26 bits per heavy atom. The number of nitrogens with zero attached hydrogens (tertiary/aromatic N) is 5. The highest BCUT2D eigenvalue weighted by Crippen LogP contribution is 2.47. The lowest BCUT2D eigenvalue weighted by Gasteiger charge is -2.48. The van der Waals surface area contributed by atoms with Crippen LogP contribution in [0.4, 0.5) is 14.9 Å². The number of hydrogen-bond donors (Lipinski definition) is 2. The molecule has 11 heteroatoms. The second-order valence-corrected chi connectivity index (χ2v) is 13.8. The van der Waals surface area contributed by atoms with Crippen molar-refractivity contribution < 1.29 is 14.0 Å². The van der Waals surface area contributed by atoms with E-state index >= 15 is 0 Å². The number of nitrogens with one attached hydrogen (secondary N) is 2. The molecule has 2 N–H and O–H groups in total. The van der Waals surface area contributed by atoms with Gasteiger partial charge in [-0.05, 0) is 98.2 Å². The van der Waals surface area contributed by atoms with E-state index in [9.17, 15) is 14.0 Å². The van der Waals surface area contributed by atoms with Gasteiger partial charge in [-0.25, -0.2) is 14.2 Å². The smallest absolute Gasteiger partial charge is 0.321 e. The van der Waals surface area contributed by atoms with Crippen molar-refractivity contribution in [3.8, 4) is 0 Å². The number of piperidine rings is 2. The fraction of sp³-hybridized carbons (Fsp3) is 0.543. The summed E-state index contributed by atoms with van der Waals surface area (Å²) in [4.78, 5) is 35.2. The molecule has 3 heterocycles. The first-order chi connectivity index (χ1) is 22.4. The van der Waals surface area contributed by atoms with Gasteiger partial charge in [-0.15, -0.1) is 0 Å². The molecule has 9 nitrogen and oxygen atoms in total. The maximum Gasteiger partial charge on any atom is 0.321 e. The molecule has 46 heavy (non-hydrogen) atoms. The van der Waals surface area contributed by atoms with Gasteiger partial charge in [-0.1, -0.05) is 43.0 Å². The Labute approximate surface area is 275 Å². The average molecular weight is 650 g/mol. The maximum absolute atomic E-state index is 14.3. The Balaban J connectivity index is 1.10. The molecule has 2 aliphatic heterocycles. The van der Waals surface area contributed by atoms with E-state index in [4.69, 9.17) is 11.6 Å². The van der Waals surface area contributed by atoms with Crippen LogP contribution in [0.3, 0.4) is 0 Å². The lowest BCUT2D eigenvalue weighted by atomic mass is 9.63. The van der Waals surface area contributed by atoms with E-state index in [0.717, 1.165) is 50.9 Å². The molecule has 3 aromatic rings. The van der Waals surface area contributed by atoms with Gasteiger partial charge in [0.15, 0.2) is 0 Å². The van der Waals surface area contributed by atoms with Gasteiger partial charge < -0.3 is 20.4 Å². The van der Waals surface area contributed by atoms with Gasteiger partial charge in [0.1, 0.15) is 18.5 Å². The van der Waals surface area contributed by atoms with Gasteiger partial charge in [0.2, 0.25) is 5.91 Å². The molecular weight excluding hydrogens is 605 g/mol. The van der Waals surface area contributed by atoms with Crippen LogP contribution in [0.15, 0.2) is 61.2 Å². The molecule has 0 bridgehead atoms. The third-order valence-corrected chi connectivity index (χ3v) is 10.7. The Kier molecular flexibility index (Phi) is 10.5. The summed E-state index contributed by atoms with van der Waals surface area (Å²) < 4.78 is 15.3. The van der Waals surface area contributed by atoms with E-state index in [0.29, 0.717) is 36.1 Å². The molecule has 3 aliphatic rings.